The molecule has 0 bridgehead atoms. The van der Waals surface area contributed by atoms with Gasteiger partial charge in [-0.2, -0.15) is 0 Å². The number of halogens is 1. The third-order valence-electron chi connectivity index (χ3n) is 2.19. The first-order valence-electron chi connectivity index (χ1n) is 4.85. The van der Waals surface area contributed by atoms with E-state index in [-0.39, 0.29) is 18.4 Å². The minimum absolute atomic E-state index is 0. The highest BCUT2D eigenvalue weighted by Gasteiger charge is 2.05. The van der Waals surface area contributed by atoms with E-state index in [0.29, 0.717) is 0 Å². The van der Waals surface area contributed by atoms with Crippen molar-refractivity contribution < 1.29 is 0 Å². The van der Waals surface area contributed by atoms with E-state index in [1.54, 1.807) is 12.4 Å². The van der Waals surface area contributed by atoms with Crippen LogP contribution in [-0.2, 0) is 0 Å². The van der Waals surface area contributed by atoms with Gasteiger partial charge in [-0.3, -0.25) is 4.98 Å². The van der Waals surface area contributed by atoms with Crippen LogP contribution in [-0.4, -0.2) is 4.98 Å². The molecule has 1 rings (SSSR count). The molecular weight excluding hydrogens is 196 g/mol. The lowest BCUT2D eigenvalue weighted by Crippen LogP contribution is -2.11. The Bertz CT molecular complexity index is 236. The van der Waals surface area contributed by atoms with Crippen molar-refractivity contribution in [2.75, 3.05) is 0 Å². The van der Waals surface area contributed by atoms with Gasteiger partial charge in [-0.15, -0.1) is 12.4 Å². The van der Waals surface area contributed by atoms with Gasteiger partial charge in [-0.05, 0) is 36.5 Å². The highest BCUT2D eigenvalue weighted by molar-refractivity contribution is 5.85. The first kappa shape index (κ1) is 13.4. The van der Waals surface area contributed by atoms with Crippen LogP contribution < -0.4 is 5.73 Å². The SMILES string of the molecule is CC(C)CCC(N)c1ccncc1.Cl. The molecule has 2 N–H and O–H groups in total. The van der Waals surface area contributed by atoms with Gasteiger partial charge in [0.05, 0.1) is 0 Å². The molecule has 0 spiro atoms. The second-order valence-electron chi connectivity index (χ2n) is 3.86. The molecule has 1 atom stereocenters. The third kappa shape index (κ3) is 4.58. The number of hydrogen-bond acceptors (Lipinski definition) is 2. The van der Waals surface area contributed by atoms with Gasteiger partial charge in [0, 0.05) is 18.4 Å². The average molecular weight is 215 g/mol. The molecule has 1 aromatic rings. The van der Waals surface area contributed by atoms with E-state index in [4.69, 9.17) is 5.73 Å². The molecule has 0 aliphatic heterocycles. The summed E-state index contributed by atoms with van der Waals surface area (Å²) in [5.74, 6) is 0.730. The predicted molar refractivity (Wildman–Crippen MR) is 62.5 cm³/mol. The molecule has 0 saturated heterocycles. The Morgan fingerprint density at radius 1 is 1.21 bits per heavy atom. The van der Waals surface area contributed by atoms with E-state index < -0.39 is 0 Å². The van der Waals surface area contributed by atoms with Gasteiger partial charge in [0.1, 0.15) is 0 Å². The largest absolute Gasteiger partial charge is 0.324 e. The fourth-order valence-electron chi connectivity index (χ4n) is 1.29. The number of nitrogens with two attached hydrogens (primary N) is 1. The number of hydrogen-bond donors (Lipinski definition) is 1. The van der Waals surface area contributed by atoms with E-state index in [9.17, 15) is 0 Å². The zero-order chi connectivity index (χ0) is 9.68. The Morgan fingerprint density at radius 2 is 1.79 bits per heavy atom. The van der Waals surface area contributed by atoms with E-state index >= 15 is 0 Å². The smallest absolute Gasteiger partial charge is 0.0296 e. The minimum Gasteiger partial charge on any atom is -0.324 e. The van der Waals surface area contributed by atoms with Gasteiger partial charge in [0.25, 0.3) is 0 Å². The molecule has 0 aromatic carbocycles. The lowest BCUT2D eigenvalue weighted by atomic mass is 9.99. The molecule has 0 aliphatic carbocycles. The van der Waals surface area contributed by atoms with Gasteiger partial charge < -0.3 is 5.73 Å². The van der Waals surface area contributed by atoms with Crippen molar-refractivity contribution in [3.05, 3.63) is 30.1 Å². The van der Waals surface area contributed by atoms with Gasteiger partial charge in [0.2, 0.25) is 0 Å². The summed E-state index contributed by atoms with van der Waals surface area (Å²) in [7, 11) is 0. The van der Waals surface area contributed by atoms with Crippen LogP contribution in [0.2, 0.25) is 0 Å². The maximum absolute atomic E-state index is 6.02. The molecule has 0 aliphatic rings. The molecule has 3 heteroatoms. The van der Waals surface area contributed by atoms with Crippen LogP contribution >= 0.6 is 12.4 Å². The highest BCUT2D eigenvalue weighted by atomic mass is 35.5. The van der Waals surface area contributed by atoms with E-state index in [1.807, 2.05) is 12.1 Å². The van der Waals surface area contributed by atoms with Crippen molar-refractivity contribution in [3.63, 3.8) is 0 Å². The van der Waals surface area contributed by atoms with Crippen LogP contribution in [0.1, 0.15) is 38.3 Å². The number of aromatic nitrogens is 1. The fraction of sp³-hybridized carbons (Fsp3) is 0.545. The first-order chi connectivity index (χ1) is 6.20. The fourth-order valence-corrected chi connectivity index (χ4v) is 1.29. The highest BCUT2D eigenvalue weighted by Crippen LogP contribution is 2.17. The second-order valence-corrected chi connectivity index (χ2v) is 3.86. The topological polar surface area (TPSA) is 38.9 Å². The van der Waals surface area contributed by atoms with Crippen molar-refractivity contribution in [2.45, 2.75) is 32.7 Å². The number of nitrogens with zero attached hydrogens (tertiary/aromatic N) is 1. The van der Waals surface area contributed by atoms with E-state index in [1.165, 1.54) is 12.0 Å². The molecule has 1 aromatic heterocycles. The average Bonchev–Trinajstić information content (AvgIpc) is 2.15. The van der Waals surface area contributed by atoms with Crippen molar-refractivity contribution in [1.82, 2.24) is 4.98 Å². The van der Waals surface area contributed by atoms with Gasteiger partial charge in [-0.25, -0.2) is 0 Å². The summed E-state index contributed by atoms with van der Waals surface area (Å²) in [6.07, 6.45) is 5.83. The van der Waals surface area contributed by atoms with Gasteiger partial charge in [-0.1, -0.05) is 13.8 Å². The third-order valence-corrected chi connectivity index (χ3v) is 2.19. The molecule has 0 fully saturated rings. The molecule has 80 valence electrons. The molecule has 1 heterocycles. The molecule has 0 radical (unpaired) electrons. The van der Waals surface area contributed by atoms with Crippen molar-refractivity contribution in [1.29, 1.82) is 0 Å². The first-order valence-corrected chi connectivity index (χ1v) is 4.85. The molecule has 2 nitrogen and oxygen atoms in total. The maximum atomic E-state index is 6.02. The number of pyridine rings is 1. The van der Waals surface area contributed by atoms with Crippen LogP contribution in [0.4, 0.5) is 0 Å². The Hall–Kier alpha value is -0.600. The molecule has 14 heavy (non-hydrogen) atoms. The molecule has 0 saturated carbocycles. The van der Waals surface area contributed by atoms with Crippen LogP contribution in [0.15, 0.2) is 24.5 Å². The summed E-state index contributed by atoms with van der Waals surface area (Å²) in [4.78, 5) is 3.97. The second kappa shape index (κ2) is 6.80. The van der Waals surface area contributed by atoms with Crippen molar-refractivity contribution in [3.8, 4) is 0 Å². The monoisotopic (exact) mass is 214 g/mol. The Kier molecular flexibility index (Phi) is 6.50. The van der Waals surface area contributed by atoms with Crippen LogP contribution in [0, 0.1) is 5.92 Å². The molecule has 0 amide bonds. The minimum atomic E-state index is 0. The lowest BCUT2D eigenvalue weighted by Gasteiger charge is -2.12. The molecular formula is C11H19ClN2. The summed E-state index contributed by atoms with van der Waals surface area (Å²) in [5, 5.41) is 0. The Morgan fingerprint density at radius 3 is 2.29 bits per heavy atom. The molecule has 1 unspecified atom stereocenters. The van der Waals surface area contributed by atoms with Gasteiger partial charge >= 0.3 is 0 Å². The predicted octanol–water partition coefficient (Wildman–Crippen LogP) is 2.94. The standard InChI is InChI=1S/C11H18N2.ClH/c1-9(2)3-4-11(12)10-5-7-13-8-6-10;/h5-9,11H,3-4,12H2,1-2H3;1H. The van der Waals surface area contributed by atoms with Crippen molar-refractivity contribution in [2.24, 2.45) is 11.7 Å². The zero-order valence-corrected chi connectivity index (χ0v) is 9.63. The summed E-state index contributed by atoms with van der Waals surface area (Å²) in [6, 6.07) is 4.15. The quantitative estimate of drug-likeness (QED) is 0.837. The zero-order valence-electron chi connectivity index (χ0n) is 8.81. The van der Waals surface area contributed by atoms with Crippen LogP contribution in [0.3, 0.4) is 0 Å². The number of rotatable bonds is 4. The Labute approximate surface area is 92.3 Å². The van der Waals surface area contributed by atoms with Crippen LogP contribution in [0.5, 0.6) is 0 Å². The summed E-state index contributed by atoms with van der Waals surface area (Å²) >= 11 is 0. The summed E-state index contributed by atoms with van der Waals surface area (Å²) < 4.78 is 0. The lowest BCUT2D eigenvalue weighted by molar-refractivity contribution is 0.507. The maximum Gasteiger partial charge on any atom is 0.0296 e. The van der Waals surface area contributed by atoms with Gasteiger partial charge in [0.15, 0.2) is 0 Å². The van der Waals surface area contributed by atoms with Crippen LogP contribution in [0.25, 0.3) is 0 Å². The normalized spacial score (nSPS) is 12.3. The summed E-state index contributed by atoms with van der Waals surface area (Å²) in [5.41, 5.74) is 7.21. The van der Waals surface area contributed by atoms with E-state index in [0.717, 1.165) is 12.3 Å². The van der Waals surface area contributed by atoms with Crippen molar-refractivity contribution >= 4 is 12.4 Å². The van der Waals surface area contributed by atoms with E-state index in [2.05, 4.69) is 18.8 Å². The summed E-state index contributed by atoms with van der Waals surface area (Å²) in [6.45, 7) is 4.44. The Balaban J connectivity index is 0.00000169.